The molecule has 0 aliphatic rings. The first kappa shape index (κ1) is 15.6. The fourth-order valence-corrected chi connectivity index (χ4v) is 3.06. The van der Waals surface area contributed by atoms with Gasteiger partial charge in [0.15, 0.2) is 0 Å². The van der Waals surface area contributed by atoms with E-state index in [9.17, 15) is 4.79 Å². The van der Waals surface area contributed by atoms with Gasteiger partial charge in [0.05, 0.1) is 19.6 Å². The standard InChI is InChI=1S/C17H21NO2S/c1-4-15(13-7-8-16(20-3)12(2)10-13)18-17(19)11-14-6-5-9-21-14/h5-10,15H,4,11H2,1-3H3,(H,18,19)/t15-/m1/s1. The molecule has 0 aliphatic heterocycles. The zero-order valence-corrected chi connectivity index (χ0v) is 13.5. The van der Waals surface area contributed by atoms with Crippen LogP contribution >= 0.6 is 11.3 Å². The number of benzene rings is 1. The van der Waals surface area contributed by atoms with E-state index in [1.807, 2.05) is 36.6 Å². The van der Waals surface area contributed by atoms with Crippen molar-refractivity contribution in [3.8, 4) is 5.75 Å². The van der Waals surface area contributed by atoms with E-state index in [4.69, 9.17) is 4.74 Å². The van der Waals surface area contributed by atoms with Crippen molar-refractivity contribution in [2.45, 2.75) is 32.7 Å². The van der Waals surface area contributed by atoms with Gasteiger partial charge >= 0.3 is 0 Å². The fourth-order valence-electron chi connectivity index (χ4n) is 2.36. The van der Waals surface area contributed by atoms with Crippen LogP contribution in [0.2, 0.25) is 0 Å². The molecule has 1 aromatic carbocycles. The molecule has 0 saturated carbocycles. The quantitative estimate of drug-likeness (QED) is 0.879. The Bertz CT molecular complexity index is 593. The summed E-state index contributed by atoms with van der Waals surface area (Å²) in [5.74, 6) is 0.941. The van der Waals surface area contributed by atoms with E-state index in [1.165, 1.54) is 0 Å². The highest BCUT2D eigenvalue weighted by Crippen LogP contribution is 2.24. The molecule has 0 aliphatic carbocycles. The Balaban J connectivity index is 2.05. The SMILES string of the molecule is CC[C@@H](NC(=O)Cc1cccs1)c1ccc(OC)c(C)c1. The van der Waals surface area contributed by atoms with E-state index in [1.54, 1.807) is 18.4 Å². The van der Waals surface area contributed by atoms with Gasteiger partial charge in [0.2, 0.25) is 5.91 Å². The molecule has 1 heterocycles. The van der Waals surface area contributed by atoms with E-state index >= 15 is 0 Å². The zero-order valence-electron chi connectivity index (χ0n) is 12.7. The third kappa shape index (κ3) is 4.08. The summed E-state index contributed by atoms with van der Waals surface area (Å²) < 4.78 is 5.28. The molecule has 0 spiro atoms. The predicted octanol–water partition coefficient (Wildman–Crippen LogP) is 3.88. The first-order chi connectivity index (χ1) is 10.1. The average Bonchev–Trinajstić information content (AvgIpc) is 2.97. The Morgan fingerprint density at radius 2 is 2.19 bits per heavy atom. The van der Waals surface area contributed by atoms with Crippen molar-refractivity contribution in [3.05, 3.63) is 51.7 Å². The van der Waals surface area contributed by atoms with Crippen LogP contribution in [0, 0.1) is 6.92 Å². The van der Waals surface area contributed by atoms with E-state index in [0.29, 0.717) is 6.42 Å². The number of amides is 1. The van der Waals surface area contributed by atoms with Gasteiger partial charge in [0, 0.05) is 4.88 Å². The fraction of sp³-hybridized carbons (Fsp3) is 0.353. The molecule has 112 valence electrons. The van der Waals surface area contributed by atoms with Gasteiger partial charge in [0.25, 0.3) is 0 Å². The summed E-state index contributed by atoms with van der Waals surface area (Å²) in [5, 5.41) is 5.11. The summed E-state index contributed by atoms with van der Waals surface area (Å²) in [6.07, 6.45) is 1.31. The van der Waals surface area contributed by atoms with Crippen LogP contribution in [0.25, 0.3) is 0 Å². The van der Waals surface area contributed by atoms with Crippen LogP contribution in [0.4, 0.5) is 0 Å². The number of aryl methyl sites for hydroxylation is 1. The number of thiophene rings is 1. The highest BCUT2D eigenvalue weighted by molar-refractivity contribution is 7.10. The van der Waals surface area contributed by atoms with Crippen LogP contribution < -0.4 is 10.1 Å². The molecule has 0 fully saturated rings. The van der Waals surface area contributed by atoms with Crippen molar-refractivity contribution in [1.82, 2.24) is 5.32 Å². The van der Waals surface area contributed by atoms with Crippen molar-refractivity contribution >= 4 is 17.2 Å². The summed E-state index contributed by atoms with van der Waals surface area (Å²) >= 11 is 1.61. The molecule has 1 amide bonds. The molecule has 21 heavy (non-hydrogen) atoms. The Kier molecular flexibility index (Phi) is 5.39. The largest absolute Gasteiger partial charge is 0.496 e. The first-order valence-corrected chi connectivity index (χ1v) is 7.98. The molecule has 2 aromatic rings. The molecule has 0 bridgehead atoms. The van der Waals surface area contributed by atoms with Crippen LogP contribution in [0.3, 0.4) is 0 Å². The summed E-state index contributed by atoms with van der Waals surface area (Å²) in [5.41, 5.74) is 2.20. The Hall–Kier alpha value is -1.81. The summed E-state index contributed by atoms with van der Waals surface area (Å²) in [7, 11) is 1.67. The van der Waals surface area contributed by atoms with Crippen molar-refractivity contribution < 1.29 is 9.53 Å². The zero-order chi connectivity index (χ0) is 15.2. The summed E-state index contributed by atoms with van der Waals surface area (Å²) in [6, 6.07) is 10.1. The Labute approximate surface area is 130 Å². The minimum atomic E-state index is 0.0436. The molecule has 1 N–H and O–H groups in total. The van der Waals surface area contributed by atoms with Gasteiger partial charge in [-0.25, -0.2) is 0 Å². The van der Waals surface area contributed by atoms with E-state index in [-0.39, 0.29) is 11.9 Å². The maximum Gasteiger partial charge on any atom is 0.225 e. The number of methoxy groups -OCH3 is 1. The molecule has 1 aromatic heterocycles. The van der Waals surface area contributed by atoms with Crippen LogP contribution in [-0.4, -0.2) is 13.0 Å². The molecule has 3 nitrogen and oxygen atoms in total. The molecule has 2 rings (SSSR count). The van der Waals surface area contributed by atoms with Gasteiger partial charge in [-0.05, 0) is 42.0 Å². The van der Waals surface area contributed by atoms with Gasteiger partial charge in [-0.1, -0.05) is 25.1 Å². The monoisotopic (exact) mass is 303 g/mol. The smallest absolute Gasteiger partial charge is 0.225 e. The highest BCUT2D eigenvalue weighted by atomic mass is 32.1. The van der Waals surface area contributed by atoms with Gasteiger partial charge in [-0.15, -0.1) is 11.3 Å². The lowest BCUT2D eigenvalue weighted by Crippen LogP contribution is -2.29. The molecule has 0 radical (unpaired) electrons. The first-order valence-electron chi connectivity index (χ1n) is 7.10. The van der Waals surface area contributed by atoms with Gasteiger partial charge in [0.1, 0.15) is 5.75 Å². The minimum Gasteiger partial charge on any atom is -0.496 e. The van der Waals surface area contributed by atoms with E-state index in [2.05, 4.69) is 18.3 Å². The third-order valence-corrected chi connectivity index (χ3v) is 4.36. The molecular formula is C17H21NO2S. The summed E-state index contributed by atoms with van der Waals surface area (Å²) in [6.45, 7) is 4.10. The topological polar surface area (TPSA) is 38.3 Å². The van der Waals surface area contributed by atoms with E-state index < -0.39 is 0 Å². The second-order valence-electron chi connectivity index (χ2n) is 5.01. The molecule has 0 unspecified atom stereocenters. The maximum atomic E-state index is 12.1. The number of rotatable bonds is 6. The van der Waals surface area contributed by atoms with Crippen molar-refractivity contribution in [3.63, 3.8) is 0 Å². The number of carbonyl (C=O) groups is 1. The molecule has 4 heteroatoms. The minimum absolute atomic E-state index is 0.0436. The van der Waals surface area contributed by atoms with Crippen LogP contribution in [0.15, 0.2) is 35.7 Å². The summed E-state index contributed by atoms with van der Waals surface area (Å²) in [4.78, 5) is 13.2. The van der Waals surface area contributed by atoms with Crippen LogP contribution in [0.5, 0.6) is 5.75 Å². The van der Waals surface area contributed by atoms with Gasteiger partial charge in [-0.2, -0.15) is 0 Å². The number of hydrogen-bond acceptors (Lipinski definition) is 3. The number of ether oxygens (including phenoxy) is 1. The van der Waals surface area contributed by atoms with Crippen molar-refractivity contribution in [2.75, 3.05) is 7.11 Å². The highest BCUT2D eigenvalue weighted by Gasteiger charge is 2.14. The molecular weight excluding hydrogens is 282 g/mol. The number of nitrogens with one attached hydrogen (secondary N) is 1. The van der Waals surface area contributed by atoms with E-state index in [0.717, 1.165) is 28.2 Å². The lowest BCUT2D eigenvalue weighted by molar-refractivity contribution is -0.121. The average molecular weight is 303 g/mol. The maximum absolute atomic E-state index is 12.1. The second kappa shape index (κ2) is 7.27. The lowest BCUT2D eigenvalue weighted by Gasteiger charge is -2.18. The van der Waals surface area contributed by atoms with Gasteiger partial charge < -0.3 is 10.1 Å². The number of hydrogen-bond donors (Lipinski definition) is 1. The second-order valence-corrected chi connectivity index (χ2v) is 6.05. The third-order valence-electron chi connectivity index (χ3n) is 3.48. The normalized spacial score (nSPS) is 12.0. The Morgan fingerprint density at radius 1 is 1.38 bits per heavy atom. The van der Waals surface area contributed by atoms with Crippen LogP contribution in [0.1, 0.15) is 35.4 Å². The lowest BCUT2D eigenvalue weighted by atomic mass is 10.0. The predicted molar refractivity (Wildman–Crippen MR) is 86.9 cm³/mol. The Morgan fingerprint density at radius 3 is 2.76 bits per heavy atom. The van der Waals surface area contributed by atoms with Gasteiger partial charge in [-0.3, -0.25) is 4.79 Å². The van der Waals surface area contributed by atoms with Crippen molar-refractivity contribution in [2.24, 2.45) is 0 Å². The van der Waals surface area contributed by atoms with Crippen LogP contribution in [-0.2, 0) is 11.2 Å². The van der Waals surface area contributed by atoms with Crippen molar-refractivity contribution in [1.29, 1.82) is 0 Å². The molecule has 1 atom stereocenters. The number of carbonyl (C=O) groups excluding carboxylic acids is 1. The molecule has 0 saturated heterocycles.